The largest absolute Gasteiger partial charge is 0.394 e. The standard InChI is InChI=1S/C9H19NO5/c1-10-9(12)8-15-7-6-14-5-4-13-3-2-11/h11H,2-8H2,1H3,(H,10,12). The fourth-order valence-electron chi connectivity index (χ4n) is 0.741. The number of amides is 1. The van der Waals surface area contributed by atoms with Gasteiger partial charge in [-0.05, 0) is 0 Å². The summed E-state index contributed by atoms with van der Waals surface area (Å²) in [6.45, 7) is 2.14. The first-order chi connectivity index (χ1) is 7.31. The third kappa shape index (κ3) is 11.2. The molecule has 0 bridgehead atoms. The minimum absolute atomic E-state index is 0.0231. The topological polar surface area (TPSA) is 77.0 Å². The maximum atomic E-state index is 10.7. The average molecular weight is 221 g/mol. The Kier molecular flexibility index (Phi) is 10.9. The minimum atomic E-state index is -0.152. The van der Waals surface area contributed by atoms with Crippen LogP contribution in [0.1, 0.15) is 0 Å². The molecule has 0 aromatic heterocycles. The lowest BCUT2D eigenvalue weighted by Gasteiger charge is -2.05. The van der Waals surface area contributed by atoms with E-state index in [-0.39, 0.29) is 19.1 Å². The molecule has 15 heavy (non-hydrogen) atoms. The number of hydrogen-bond acceptors (Lipinski definition) is 5. The van der Waals surface area contributed by atoms with E-state index < -0.39 is 0 Å². The lowest BCUT2D eigenvalue weighted by Crippen LogP contribution is -2.24. The maximum absolute atomic E-state index is 10.7. The molecule has 0 unspecified atom stereocenters. The minimum Gasteiger partial charge on any atom is -0.394 e. The van der Waals surface area contributed by atoms with Gasteiger partial charge in [0.2, 0.25) is 5.91 Å². The number of rotatable bonds is 10. The summed E-state index contributed by atoms with van der Waals surface area (Å²) in [5.74, 6) is -0.152. The van der Waals surface area contributed by atoms with Crippen molar-refractivity contribution in [3.63, 3.8) is 0 Å². The van der Waals surface area contributed by atoms with Gasteiger partial charge in [-0.25, -0.2) is 0 Å². The molecule has 0 atom stereocenters. The summed E-state index contributed by atoms with van der Waals surface area (Å²) in [5, 5.41) is 10.8. The van der Waals surface area contributed by atoms with E-state index in [1.807, 2.05) is 0 Å². The van der Waals surface area contributed by atoms with Crippen LogP contribution in [0.4, 0.5) is 0 Å². The van der Waals surface area contributed by atoms with Gasteiger partial charge >= 0.3 is 0 Å². The van der Waals surface area contributed by atoms with Gasteiger partial charge in [0.25, 0.3) is 0 Å². The first-order valence-electron chi connectivity index (χ1n) is 4.86. The third-order valence-electron chi connectivity index (χ3n) is 1.49. The molecule has 0 aromatic carbocycles. The molecule has 6 nitrogen and oxygen atoms in total. The highest BCUT2D eigenvalue weighted by atomic mass is 16.5. The second-order valence-corrected chi connectivity index (χ2v) is 2.67. The van der Waals surface area contributed by atoms with Crippen molar-refractivity contribution in [1.29, 1.82) is 0 Å². The number of aliphatic hydroxyl groups is 1. The average Bonchev–Trinajstić information content (AvgIpc) is 2.26. The van der Waals surface area contributed by atoms with Crippen molar-refractivity contribution in [3.05, 3.63) is 0 Å². The van der Waals surface area contributed by atoms with E-state index in [4.69, 9.17) is 19.3 Å². The lowest BCUT2D eigenvalue weighted by atomic mass is 10.6. The summed E-state index contributed by atoms with van der Waals surface area (Å²) in [6.07, 6.45) is 0. The van der Waals surface area contributed by atoms with Crippen LogP contribution in [0.2, 0.25) is 0 Å². The molecular formula is C9H19NO5. The predicted molar refractivity (Wildman–Crippen MR) is 53.6 cm³/mol. The van der Waals surface area contributed by atoms with Gasteiger partial charge in [0.1, 0.15) is 6.61 Å². The van der Waals surface area contributed by atoms with Crippen molar-refractivity contribution in [3.8, 4) is 0 Å². The van der Waals surface area contributed by atoms with E-state index in [1.165, 1.54) is 0 Å². The van der Waals surface area contributed by atoms with Crippen LogP contribution in [0.25, 0.3) is 0 Å². The summed E-state index contributed by atoms with van der Waals surface area (Å²) in [7, 11) is 1.56. The van der Waals surface area contributed by atoms with Gasteiger partial charge < -0.3 is 24.6 Å². The molecule has 0 saturated carbocycles. The van der Waals surface area contributed by atoms with Crippen molar-refractivity contribution in [1.82, 2.24) is 5.32 Å². The Balaban J connectivity index is 2.95. The Morgan fingerprint density at radius 2 is 1.60 bits per heavy atom. The van der Waals surface area contributed by atoms with E-state index in [1.54, 1.807) is 7.05 Å². The number of ether oxygens (including phenoxy) is 3. The Morgan fingerprint density at radius 1 is 1.07 bits per heavy atom. The van der Waals surface area contributed by atoms with Crippen molar-refractivity contribution < 1.29 is 24.1 Å². The highest BCUT2D eigenvalue weighted by Gasteiger charge is 1.96. The maximum Gasteiger partial charge on any atom is 0.245 e. The molecule has 0 spiro atoms. The van der Waals surface area contributed by atoms with E-state index in [2.05, 4.69) is 5.32 Å². The number of nitrogens with one attached hydrogen (secondary N) is 1. The van der Waals surface area contributed by atoms with Crippen LogP contribution >= 0.6 is 0 Å². The molecule has 0 saturated heterocycles. The molecule has 0 fully saturated rings. The van der Waals surface area contributed by atoms with Gasteiger partial charge in [0.15, 0.2) is 0 Å². The van der Waals surface area contributed by atoms with Crippen LogP contribution < -0.4 is 5.32 Å². The fraction of sp³-hybridized carbons (Fsp3) is 0.889. The van der Waals surface area contributed by atoms with Crippen LogP contribution in [0, 0.1) is 0 Å². The lowest BCUT2D eigenvalue weighted by molar-refractivity contribution is -0.125. The molecule has 0 aliphatic heterocycles. The molecule has 0 aliphatic rings. The summed E-state index contributed by atoms with van der Waals surface area (Å²) < 4.78 is 15.1. The molecule has 0 rings (SSSR count). The van der Waals surface area contributed by atoms with E-state index in [9.17, 15) is 4.79 Å². The number of hydrogen-bond donors (Lipinski definition) is 2. The fourth-order valence-corrected chi connectivity index (χ4v) is 0.741. The third-order valence-corrected chi connectivity index (χ3v) is 1.49. The van der Waals surface area contributed by atoms with Crippen molar-refractivity contribution >= 4 is 5.91 Å². The number of aliphatic hydroxyl groups excluding tert-OH is 1. The van der Waals surface area contributed by atoms with Crippen molar-refractivity contribution in [2.24, 2.45) is 0 Å². The molecule has 90 valence electrons. The van der Waals surface area contributed by atoms with Crippen LogP contribution in [-0.2, 0) is 19.0 Å². The Morgan fingerprint density at radius 3 is 2.13 bits per heavy atom. The van der Waals surface area contributed by atoms with Gasteiger partial charge in [-0.2, -0.15) is 0 Å². The quantitative estimate of drug-likeness (QED) is 0.452. The summed E-state index contributed by atoms with van der Waals surface area (Å²) >= 11 is 0. The van der Waals surface area contributed by atoms with E-state index in [0.29, 0.717) is 33.0 Å². The number of carbonyl (C=O) groups excluding carboxylic acids is 1. The molecule has 0 aliphatic carbocycles. The zero-order chi connectivity index (χ0) is 11.4. The van der Waals surface area contributed by atoms with Crippen LogP contribution in [0.3, 0.4) is 0 Å². The summed E-state index contributed by atoms with van der Waals surface area (Å²) in [4.78, 5) is 10.7. The smallest absolute Gasteiger partial charge is 0.245 e. The first kappa shape index (κ1) is 14.3. The molecule has 0 radical (unpaired) electrons. The molecule has 0 heterocycles. The Hall–Kier alpha value is -0.690. The van der Waals surface area contributed by atoms with Gasteiger partial charge in [-0.15, -0.1) is 0 Å². The van der Waals surface area contributed by atoms with Crippen LogP contribution in [0.15, 0.2) is 0 Å². The van der Waals surface area contributed by atoms with Gasteiger partial charge in [-0.1, -0.05) is 0 Å². The number of likely N-dealkylation sites (N-methyl/N-ethyl adjacent to an activating group) is 1. The SMILES string of the molecule is CNC(=O)COCCOCCOCCO. The zero-order valence-electron chi connectivity index (χ0n) is 9.03. The molecule has 6 heteroatoms. The molecular weight excluding hydrogens is 202 g/mol. The second-order valence-electron chi connectivity index (χ2n) is 2.67. The second kappa shape index (κ2) is 11.4. The van der Waals surface area contributed by atoms with E-state index in [0.717, 1.165) is 0 Å². The number of carbonyl (C=O) groups is 1. The van der Waals surface area contributed by atoms with E-state index >= 15 is 0 Å². The molecule has 1 amide bonds. The predicted octanol–water partition coefficient (Wildman–Crippen LogP) is -1.23. The zero-order valence-corrected chi connectivity index (χ0v) is 9.03. The monoisotopic (exact) mass is 221 g/mol. The highest BCUT2D eigenvalue weighted by Crippen LogP contribution is 1.81. The molecule has 2 N–H and O–H groups in total. The highest BCUT2D eigenvalue weighted by molar-refractivity contribution is 5.76. The van der Waals surface area contributed by atoms with Crippen molar-refractivity contribution in [2.45, 2.75) is 0 Å². The van der Waals surface area contributed by atoms with Crippen LogP contribution in [0.5, 0.6) is 0 Å². The van der Waals surface area contributed by atoms with Gasteiger partial charge in [0.05, 0.1) is 39.6 Å². The first-order valence-corrected chi connectivity index (χ1v) is 4.86. The Bertz CT molecular complexity index is 153. The van der Waals surface area contributed by atoms with Crippen LogP contribution in [-0.4, -0.2) is 64.3 Å². The Labute approximate surface area is 89.5 Å². The van der Waals surface area contributed by atoms with Gasteiger partial charge in [0, 0.05) is 7.05 Å². The normalized spacial score (nSPS) is 10.3. The summed E-state index contributed by atoms with van der Waals surface area (Å²) in [5.41, 5.74) is 0. The van der Waals surface area contributed by atoms with Gasteiger partial charge in [-0.3, -0.25) is 4.79 Å². The van der Waals surface area contributed by atoms with Crippen molar-refractivity contribution in [2.75, 3.05) is 53.3 Å². The summed E-state index contributed by atoms with van der Waals surface area (Å²) in [6, 6.07) is 0. The molecule has 0 aromatic rings.